The van der Waals surface area contributed by atoms with Crippen LogP contribution in [0.25, 0.3) is 0 Å². The van der Waals surface area contributed by atoms with E-state index in [1.807, 2.05) is 12.1 Å². The molecule has 2 aliphatic carbocycles. The minimum absolute atomic E-state index is 0.000179. The number of carbonyl (C=O) groups is 1. The van der Waals surface area contributed by atoms with E-state index in [1.54, 1.807) is 7.11 Å². The highest BCUT2D eigenvalue weighted by molar-refractivity contribution is 5.75. The Hall–Kier alpha value is -1.81. The van der Waals surface area contributed by atoms with Crippen molar-refractivity contribution in [2.75, 3.05) is 20.2 Å². The molecule has 1 aromatic rings. The van der Waals surface area contributed by atoms with Crippen LogP contribution in [0.15, 0.2) is 36.4 Å². The van der Waals surface area contributed by atoms with Crippen LogP contribution in [0.1, 0.15) is 44.6 Å². The van der Waals surface area contributed by atoms with Gasteiger partial charge in [-0.05, 0) is 74.1 Å². The fraction of sp³-hybridized carbons (Fsp3) is 0.625. The van der Waals surface area contributed by atoms with Crippen LogP contribution < -0.4 is 10.1 Å². The summed E-state index contributed by atoms with van der Waals surface area (Å²) in [6.07, 6.45) is 6.74. The zero-order chi connectivity index (χ0) is 19.7. The zero-order valence-electron chi connectivity index (χ0n) is 17.2. The first kappa shape index (κ1) is 19.5. The van der Waals surface area contributed by atoms with E-state index in [4.69, 9.17) is 9.47 Å². The number of allylic oxidation sites excluding steroid dienone is 1. The molecular weight excluding hydrogens is 350 g/mol. The van der Waals surface area contributed by atoms with Crippen LogP contribution in [0.3, 0.4) is 0 Å². The molecule has 1 aromatic carbocycles. The molecule has 1 heterocycles. The Balaban J connectivity index is 1.32. The van der Waals surface area contributed by atoms with E-state index in [-0.39, 0.29) is 23.4 Å². The van der Waals surface area contributed by atoms with Gasteiger partial charge in [-0.2, -0.15) is 0 Å². The SMILES string of the molecule is C=C1CCC[C@]2(C)C[C@H]3OC(=O)[C@H](CNCCc4ccc(OC)cc4)[C@@H]3C[C@H]12. The minimum Gasteiger partial charge on any atom is -0.497 e. The molecule has 1 N–H and O–H groups in total. The van der Waals surface area contributed by atoms with Crippen molar-refractivity contribution >= 4 is 5.97 Å². The maximum Gasteiger partial charge on any atom is 0.310 e. The largest absolute Gasteiger partial charge is 0.497 e. The lowest BCUT2D eigenvalue weighted by Gasteiger charge is -2.50. The van der Waals surface area contributed by atoms with Crippen LogP contribution in [0.2, 0.25) is 0 Å². The van der Waals surface area contributed by atoms with Crippen molar-refractivity contribution in [3.8, 4) is 5.75 Å². The molecule has 4 nitrogen and oxygen atoms in total. The molecule has 0 bridgehead atoms. The maximum absolute atomic E-state index is 12.6. The van der Waals surface area contributed by atoms with Crippen molar-refractivity contribution in [3.63, 3.8) is 0 Å². The monoisotopic (exact) mass is 383 g/mol. The van der Waals surface area contributed by atoms with Crippen molar-refractivity contribution in [1.29, 1.82) is 0 Å². The van der Waals surface area contributed by atoms with Crippen molar-refractivity contribution in [2.24, 2.45) is 23.2 Å². The molecule has 0 radical (unpaired) electrons. The highest BCUT2D eigenvalue weighted by Gasteiger charge is 2.54. The van der Waals surface area contributed by atoms with E-state index in [0.29, 0.717) is 18.4 Å². The number of methoxy groups -OCH3 is 1. The Kier molecular flexibility index (Phi) is 5.50. The second-order valence-corrected chi connectivity index (χ2v) is 9.21. The number of esters is 1. The van der Waals surface area contributed by atoms with Gasteiger partial charge in [0.15, 0.2) is 0 Å². The Labute approximate surface area is 168 Å². The van der Waals surface area contributed by atoms with Gasteiger partial charge in [0.25, 0.3) is 0 Å². The van der Waals surface area contributed by atoms with Crippen molar-refractivity contribution < 1.29 is 14.3 Å². The fourth-order valence-electron chi connectivity index (χ4n) is 5.77. The normalized spacial score (nSPS) is 34.5. The van der Waals surface area contributed by atoms with Crippen LogP contribution in [0.5, 0.6) is 5.75 Å². The minimum atomic E-state index is -0.0138. The fourth-order valence-corrected chi connectivity index (χ4v) is 5.77. The Morgan fingerprint density at radius 3 is 2.86 bits per heavy atom. The van der Waals surface area contributed by atoms with Gasteiger partial charge in [0.05, 0.1) is 13.0 Å². The Morgan fingerprint density at radius 1 is 1.32 bits per heavy atom. The quantitative estimate of drug-likeness (QED) is 0.456. The smallest absolute Gasteiger partial charge is 0.310 e. The second kappa shape index (κ2) is 7.90. The van der Waals surface area contributed by atoms with E-state index >= 15 is 0 Å². The third-order valence-corrected chi connectivity index (χ3v) is 7.43. The number of fused-ring (bicyclic) bond motifs is 2. The first-order chi connectivity index (χ1) is 13.5. The second-order valence-electron chi connectivity index (χ2n) is 9.21. The lowest BCUT2D eigenvalue weighted by atomic mass is 9.55. The number of benzene rings is 1. The molecule has 0 spiro atoms. The lowest BCUT2D eigenvalue weighted by Crippen LogP contribution is -2.45. The van der Waals surface area contributed by atoms with E-state index in [2.05, 4.69) is 31.0 Å². The molecule has 3 aliphatic rings. The number of carbonyl (C=O) groups excluding carboxylic acids is 1. The summed E-state index contributed by atoms with van der Waals surface area (Å²) in [4.78, 5) is 12.6. The van der Waals surface area contributed by atoms with Gasteiger partial charge in [-0.3, -0.25) is 4.79 Å². The van der Waals surface area contributed by atoms with Crippen molar-refractivity contribution in [3.05, 3.63) is 42.0 Å². The molecule has 4 heteroatoms. The first-order valence-corrected chi connectivity index (χ1v) is 10.7. The number of hydrogen-bond acceptors (Lipinski definition) is 4. The highest BCUT2D eigenvalue weighted by atomic mass is 16.6. The molecular formula is C24H33NO3. The third-order valence-electron chi connectivity index (χ3n) is 7.43. The van der Waals surface area contributed by atoms with Gasteiger partial charge in [-0.1, -0.05) is 31.2 Å². The van der Waals surface area contributed by atoms with E-state index in [0.717, 1.165) is 38.0 Å². The number of hydrogen-bond donors (Lipinski definition) is 1. The molecule has 3 fully saturated rings. The van der Waals surface area contributed by atoms with Gasteiger partial charge >= 0.3 is 5.97 Å². The summed E-state index contributed by atoms with van der Waals surface area (Å²) >= 11 is 0. The van der Waals surface area contributed by atoms with E-state index in [9.17, 15) is 4.79 Å². The summed E-state index contributed by atoms with van der Waals surface area (Å²) in [6, 6.07) is 8.17. The maximum atomic E-state index is 12.6. The number of rotatable bonds is 6. The molecule has 4 rings (SSSR count). The zero-order valence-corrected chi connectivity index (χ0v) is 17.2. The molecule has 5 atom stereocenters. The van der Waals surface area contributed by atoms with Crippen LogP contribution >= 0.6 is 0 Å². The summed E-state index contributed by atoms with van der Waals surface area (Å²) in [5.74, 6) is 1.76. The van der Waals surface area contributed by atoms with Crippen LogP contribution in [-0.2, 0) is 16.0 Å². The average molecular weight is 384 g/mol. The van der Waals surface area contributed by atoms with Gasteiger partial charge in [-0.15, -0.1) is 0 Å². The first-order valence-electron chi connectivity index (χ1n) is 10.7. The molecule has 28 heavy (non-hydrogen) atoms. The average Bonchev–Trinajstić information content (AvgIpc) is 2.98. The van der Waals surface area contributed by atoms with Gasteiger partial charge in [-0.25, -0.2) is 0 Å². The number of nitrogens with one attached hydrogen (secondary N) is 1. The molecule has 0 unspecified atom stereocenters. The predicted octanol–water partition coefficient (Wildman–Crippen LogP) is 4.14. The van der Waals surface area contributed by atoms with Crippen molar-refractivity contribution in [2.45, 2.75) is 51.6 Å². The van der Waals surface area contributed by atoms with Crippen LogP contribution in [-0.4, -0.2) is 32.3 Å². The van der Waals surface area contributed by atoms with Gasteiger partial charge in [0, 0.05) is 12.5 Å². The third kappa shape index (κ3) is 3.71. The summed E-state index contributed by atoms with van der Waals surface area (Å²) in [7, 11) is 1.68. The molecule has 0 aromatic heterocycles. The van der Waals surface area contributed by atoms with Gasteiger partial charge in [0.2, 0.25) is 0 Å². The molecule has 0 amide bonds. The molecule has 152 valence electrons. The topological polar surface area (TPSA) is 47.6 Å². The molecule has 1 saturated heterocycles. The Bertz CT molecular complexity index is 728. The van der Waals surface area contributed by atoms with E-state index in [1.165, 1.54) is 24.0 Å². The lowest BCUT2D eigenvalue weighted by molar-refractivity contribution is -0.146. The summed E-state index contributed by atoms with van der Waals surface area (Å²) in [5, 5.41) is 3.51. The number of ether oxygens (including phenoxy) is 2. The van der Waals surface area contributed by atoms with Crippen molar-refractivity contribution in [1.82, 2.24) is 5.32 Å². The summed E-state index contributed by atoms with van der Waals surface area (Å²) < 4.78 is 11.0. The van der Waals surface area contributed by atoms with Crippen LogP contribution in [0, 0.1) is 23.2 Å². The van der Waals surface area contributed by atoms with E-state index < -0.39 is 0 Å². The highest BCUT2D eigenvalue weighted by Crippen LogP contribution is 2.56. The molecule has 2 saturated carbocycles. The molecule has 1 aliphatic heterocycles. The van der Waals surface area contributed by atoms with Gasteiger partial charge in [0.1, 0.15) is 11.9 Å². The predicted molar refractivity (Wildman–Crippen MR) is 110 cm³/mol. The van der Waals surface area contributed by atoms with Crippen LogP contribution in [0.4, 0.5) is 0 Å². The van der Waals surface area contributed by atoms with Gasteiger partial charge < -0.3 is 14.8 Å². The Morgan fingerprint density at radius 2 is 2.11 bits per heavy atom. The summed E-state index contributed by atoms with van der Waals surface area (Å²) in [6.45, 7) is 8.33. The summed E-state index contributed by atoms with van der Waals surface area (Å²) in [5.41, 5.74) is 2.94. The standard InChI is InChI=1S/C24H33NO3/c1-16-5-4-11-24(2)14-22-19(13-21(16)24)20(23(26)28-22)15-25-12-10-17-6-8-18(27-3)9-7-17/h6-9,19-22,25H,1,4-5,10-15H2,2-3H3/t19-,20+,21+,22+,24+/m0/s1.